The van der Waals surface area contributed by atoms with Gasteiger partial charge in [-0.2, -0.15) is 11.8 Å². The van der Waals surface area contributed by atoms with Gasteiger partial charge in [0.2, 0.25) is 15.9 Å². The number of hydrogen-bond acceptors (Lipinski definition) is 4. The Morgan fingerprint density at radius 3 is 2.54 bits per heavy atom. The maximum Gasteiger partial charge on any atom is 0.243 e. The molecule has 0 saturated heterocycles. The Balaban J connectivity index is 2.06. The SMILES string of the molecule is CC[C@H](C(=O)NCCSC1CCCCC1)N(c1cc(C)ccc1C)S(C)(=O)=O. The normalized spacial score (nSPS) is 16.6. The zero-order chi connectivity index (χ0) is 20.7. The van der Waals surface area contributed by atoms with Crippen LogP contribution in [-0.2, 0) is 14.8 Å². The molecule has 28 heavy (non-hydrogen) atoms. The van der Waals surface area contributed by atoms with Gasteiger partial charge >= 0.3 is 0 Å². The standard InChI is InChI=1S/C21H34N2O3S2/c1-5-19(21(24)22-13-14-27-18-9-7-6-8-10-18)23(28(4,25)26)20-15-16(2)11-12-17(20)3/h11-12,15,18-19H,5-10,13-14H2,1-4H3,(H,22,24)/t19-/m1/s1. The van der Waals surface area contributed by atoms with E-state index in [0.717, 1.165) is 16.9 Å². The molecule has 1 aliphatic rings. The van der Waals surface area contributed by atoms with Crippen LogP contribution < -0.4 is 9.62 Å². The number of benzene rings is 1. The van der Waals surface area contributed by atoms with Gasteiger partial charge in [0.15, 0.2) is 0 Å². The van der Waals surface area contributed by atoms with Crippen molar-refractivity contribution in [2.45, 2.75) is 70.6 Å². The summed E-state index contributed by atoms with van der Waals surface area (Å²) >= 11 is 1.93. The highest BCUT2D eigenvalue weighted by molar-refractivity contribution is 7.99. The molecule has 1 fully saturated rings. The minimum absolute atomic E-state index is 0.224. The van der Waals surface area contributed by atoms with Crippen molar-refractivity contribution < 1.29 is 13.2 Å². The van der Waals surface area contributed by atoms with Crippen molar-refractivity contribution in [2.24, 2.45) is 0 Å². The van der Waals surface area contributed by atoms with Gasteiger partial charge in [0.25, 0.3) is 0 Å². The lowest BCUT2D eigenvalue weighted by molar-refractivity contribution is -0.122. The highest BCUT2D eigenvalue weighted by Crippen LogP contribution is 2.29. The van der Waals surface area contributed by atoms with E-state index in [1.807, 2.05) is 50.7 Å². The summed E-state index contributed by atoms with van der Waals surface area (Å²) in [4.78, 5) is 12.9. The molecule has 1 N–H and O–H groups in total. The van der Waals surface area contributed by atoms with Crippen LogP contribution in [0.2, 0.25) is 0 Å². The molecule has 0 radical (unpaired) electrons. The first kappa shape index (κ1) is 23.1. The predicted octanol–water partition coefficient (Wildman–Crippen LogP) is 4.03. The smallest absolute Gasteiger partial charge is 0.243 e. The summed E-state index contributed by atoms with van der Waals surface area (Å²) < 4.78 is 26.4. The molecule has 2 rings (SSSR count). The monoisotopic (exact) mass is 426 g/mol. The number of nitrogens with zero attached hydrogens (tertiary/aromatic N) is 1. The van der Waals surface area contributed by atoms with E-state index in [2.05, 4.69) is 5.32 Å². The lowest BCUT2D eigenvalue weighted by Gasteiger charge is -2.31. The molecule has 0 heterocycles. The van der Waals surface area contributed by atoms with Gasteiger partial charge in [-0.25, -0.2) is 8.42 Å². The third-order valence-electron chi connectivity index (χ3n) is 5.24. The number of carbonyl (C=O) groups is 1. The van der Waals surface area contributed by atoms with Gasteiger partial charge in [-0.15, -0.1) is 0 Å². The van der Waals surface area contributed by atoms with Crippen molar-refractivity contribution >= 4 is 33.4 Å². The third-order valence-corrected chi connectivity index (χ3v) is 7.79. The van der Waals surface area contributed by atoms with Crippen LogP contribution in [0.1, 0.15) is 56.6 Å². The van der Waals surface area contributed by atoms with Crippen molar-refractivity contribution in [1.82, 2.24) is 5.32 Å². The summed E-state index contributed by atoms with van der Waals surface area (Å²) in [5, 5.41) is 3.67. The van der Waals surface area contributed by atoms with Crippen molar-refractivity contribution in [3.05, 3.63) is 29.3 Å². The number of carbonyl (C=O) groups excluding carboxylic acids is 1. The van der Waals surface area contributed by atoms with Crippen LogP contribution in [0.15, 0.2) is 18.2 Å². The Bertz CT molecular complexity index is 759. The first-order valence-electron chi connectivity index (χ1n) is 10.2. The first-order chi connectivity index (χ1) is 13.2. The maximum atomic E-state index is 12.9. The minimum atomic E-state index is -3.59. The first-order valence-corrected chi connectivity index (χ1v) is 13.1. The van der Waals surface area contributed by atoms with E-state index in [0.29, 0.717) is 23.9 Å². The van der Waals surface area contributed by atoms with Gasteiger partial charge in [-0.3, -0.25) is 9.10 Å². The Hall–Kier alpha value is -1.21. The van der Waals surface area contributed by atoms with Crippen LogP contribution >= 0.6 is 11.8 Å². The number of sulfonamides is 1. The van der Waals surface area contributed by atoms with Gasteiger partial charge < -0.3 is 5.32 Å². The quantitative estimate of drug-likeness (QED) is 0.606. The van der Waals surface area contributed by atoms with Crippen LogP contribution in [0, 0.1) is 13.8 Å². The molecular formula is C21H34N2O3S2. The summed E-state index contributed by atoms with van der Waals surface area (Å²) in [6, 6.07) is 4.94. The summed E-state index contributed by atoms with van der Waals surface area (Å²) in [7, 11) is -3.59. The van der Waals surface area contributed by atoms with E-state index in [4.69, 9.17) is 0 Å². The lowest BCUT2D eigenvalue weighted by Crippen LogP contribution is -2.50. The number of anilines is 1. The van der Waals surface area contributed by atoms with E-state index in [1.54, 1.807) is 0 Å². The minimum Gasteiger partial charge on any atom is -0.353 e. The second kappa shape index (κ2) is 10.5. The van der Waals surface area contributed by atoms with Gasteiger partial charge in [0.05, 0.1) is 11.9 Å². The molecule has 0 aliphatic heterocycles. The van der Waals surface area contributed by atoms with Crippen LogP contribution in [-0.4, -0.2) is 44.2 Å². The highest BCUT2D eigenvalue weighted by atomic mass is 32.2. The van der Waals surface area contributed by atoms with Crippen LogP contribution in [0.5, 0.6) is 0 Å². The van der Waals surface area contributed by atoms with E-state index in [1.165, 1.54) is 42.7 Å². The molecule has 1 amide bonds. The molecule has 1 aromatic carbocycles. The number of amides is 1. The fourth-order valence-electron chi connectivity index (χ4n) is 3.74. The zero-order valence-corrected chi connectivity index (χ0v) is 19.2. The average Bonchev–Trinajstić information content (AvgIpc) is 2.65. The molecule has 7 heteroatoms. The number of rotatable bonds is 9. The molecular weight excluding hydrogens is 392 g/mol. The molecule has 5 nitrogen and oxygen atoms in total. The van der Waals surface area contributed by atoms with E-state index in [9.17, 15) is 13.2 Å². The molecule has 158 valence electrons. The van der Waals surface area contributed by atoms with Gasteiger partial charge in [0.1, 0.15) is 6.04 Å². The predicted molar refractivity (Wildman–Crippen MR) is 120 cm³/mol. The topological polar surface area (TPSA) is 66.5 Å². The Kier molecular flexibility index (Phi) is 8.68. The Morgan fingerprint density at radius 2 is 1.93 bits per heavy atom. The van der Waals surface area contributed by atoms with Crippen molar-refractivity contribution in [3.63, 3.8) is 0 Å². The molecule has 1 atom stereocenters. The van der Waals surface area contributed by atoms with Gasteiger partial charge in [-0.1, -0.05) is 38.3 Å². The van der Waals surface area contributed by atoms with E-state index < -0.39 is 16.1 Å². The Morgan fingerprint density at radius 1 is 1.25 bits per heavy atom. The molecule has 1 saturated carbocycles. The van der Waals surface area contributed by atoms with E-state index in [-0.39, 0.29) is 5.91 Å². The maximum absolute atomic E-state index is 12.9. The molecule has 1 aromatic rings. The second-order valence-corrected chi connectivity index (χ2v) is 11.0. The number of aryl methyl sites for hydroxylation is 2. The average molecular weight is 427 g/mol. The lowest BCUT2D eigenvalue weighted by atomic mass is 10.0. The van der Waals surface area contributed by atoms with E-state index >= 15 is 0 Å². The number of nitrogens with one attached hydrogen (secondary N) is 1. The van der Waals surface area contributed by atoms with Crippen molar-refractivity contribution in [2.75, 3.05) is 22.9 Å². The molecule has 0 bridgehead atoms. The van der Waals surface area contributed by atoms with Crippen LogP contribution in [0.25, 0.3) is 0 Å². The van der Waals surface area contributed by atoms with Gasteiger partial charge in [0, 0.05) is 17.5 Å². The highest BCUT2D eigenvalue weighted by Gasteiger charge is 2.32. The van der Waals surface area contributed by atoms with Crippen LogP contribution in [0.3, 0.4) is 0 Å². The molecule has 1 aliphatic carbocycles. The molecule has 0 spiro atoms. The van der Waals surface area contributed by atoms with Crippen LogP contribution in [0.4, 0.5) is 5.69 Å². The van der Waals surface area contributed by atoms with Crippen molar-refractivity contribution in [1.29, 1.82) is 0 Å². The summed E-state index contributed by atoms with van der Waals surface area (Å²) in [5.74, 6) is 0.646. The fourth-order valence-corrected chi connectivity index (χ4v) is 6.22. The molecule has 0 aromatic heterocycles. The number of hydrogen-bond donors (Lipinski definition) is 1. The van der Waals surface area contributed by atoms with Crippen molar-refractivity contribution in [3.8, 4) is 0 Å². The molecule has 0 unspecified atom stereocenters. The largest absolute Gasteiger partial charge is 0.353 e. The second-order valence-electron chi connectivity index (χ2n) is 7.69. The number of thioether (sulfide) groups is 1. The summed E-state index contributed by atoms with van der Waals surface area (Å²) in [5.41, 5.74) is 2.39. The summed E-state index contributed by atoms with van der Waals surface area (Å²) in [6.45, 7) is 6.22. The zero-order valence-electron chi connectivity index (χ0n) is 17.5. The van der Waals surface area contributed by atoms with Gasteiger partial charge in [-0.05, 0) is 50.3 Å². The summed E-state index contributed by atoms with van der Waals surface area (Å²) in [6.07, 6.45) is 8.08. The Labute approximate surface area is 174 Å². The third kappa shape index (κ3) is 6.41. The fraction of sp³-hybridized carbons (Fsp3) is 0.667.